The quantitative estimate of drug-likeness (QED) is 0.0539. The summed E-state index contributed by atoms with van der Waals surface area (Å²) in [5.74, 6) is -1.54. The van der Waals surface area contributed by atoms with E-state index >= 15 is 0 Å². The fourth-order valence-corrected chi connectivity index (χ4v) is 10.8. The largest absolute Gasteiger partial charge is 0.432 e. The molecule has 4 aromatic carbocycles. The summed E-state index contributed by atoms with van der Waals surface area (Å²) in [6.07, 6.45) is 1.58. The Hall–Kier alpha value is -5.74. The van der Waals surface area contributed by atoms with Gasteiger partial charge in [-0.25, -0.2) is 0 Å². The number of nitrogens with one attached hydrogen (secondary N) is 1. The van der Waals surface area contributed by atoms with Crippen LogP contribution < -0.4 is 16.0 Å². The second kappa shape index (κ2) is 14.8. The number of nitrogen functional groups attached to an aromatic ring is 1. The van der Waals surface area contributed by atoms with E-state index < -0.39 is 36.4 Å². The van der Waals surface area contributed by atoms with Crippen LogP contribution in [-0.2, 0) is 28.2 Å². The molecule has 0 aliphatic carbocycles. The fourth-order valence-electron chi connectivity index (χ4n) is 8.22. The van der Waals surface area contributed by atoms with E-state index in [0.717, 1.165) is 11.1 Å². The molecule has 7 rings (SSSR count). The number of anilines is 3. The molecule has 1 unspecified atom stereocenters. The molecule has 5 atom stereocenters. The van der Waals surface area contributed by atoms with Crippen molar-refractivity contribution >= 4 is 42.9 Å². The first-order chi connectivity index (χ1) is 26.3. The number of hydrogen-bond donors (Lipinski definition) is 4. The van der Waals surface area contributed by atoms with Gasteiger partial charge in [0, 0.05) is 58.8 Å². The summed E-state index contributed by atoms with van der Waals surface area (Å²) >= 11 is 0. The van der Waals surface area contributed by atoms with Crippen LogP contribution in [0.4, 0.5) is 22.7 Å². The minimum absolute atomic E-state index is 0.137. The maximum absolute atomic E-state index is 14.9. The van der Waals surface area contributed by atoms with Crippen molar-refractivity contribution in [2.75, 3.05) is 22.6 Å². The third kappa shape index (κ3) is 7.14. The third-order valence-corrected chi connectivity index (χ3v) is 13.3. The number of nitro benzene ring substituents is 1. The van der Waals surface area contributed by atoms with Gasteiger partial charge in [-0.2, -0.15) is 0 Å². The number of carbonyl (C=O) groups is 2. The SMILES string of the molecule is C[C@@H]1[C@@H]([Si](C)(C)O)[C@H](CCn2cc(C(CO)c3ccccc3)nn2)O[C@@]12C(=O)N(Cc1ccc(NC(=O)c3ccc(N)cc3)cc1)c1ccc([N+](=O)[O-])cc12. The molecule has 1 fully saturated rings. The van der Waals surface area contributed by atoms with Gasteiger partial charge in [-0.05, 0) is 73.1 Å². The Morgan fingerprint density at radius 1 is 1.07 bits per heavy atom. The summed E-state index contributed by atoms with van der Waals surface area (Å²) in [6, 6.07) is 27.6. The standard InChI is InChI=1S/C40H43N7O7Si/c1-25-37(55(2,3)53)36(19-20-45-23-34(43-44-45)32(24-48)27-7-5-4-6-8-27)54-40(25)33-21-31(47(51)52)17-18-35(33)46(39(40)50)22-26-9-15-30(16-10-26)42-38(49)28-11-13-29(41)14-12-28/h4-18,21,23,25,32,36-37,48,53H,19-20,22,24,41H2,1-3H3,(H,42,49)/t25-,32?,36+,37-,40+/m1/s1. The molecular weight excluding hydrogens is 719 g/mol. The Balaban J connectivity index is 1.15. The molecule has 1 spiro atoms. The Bertz CT molecular complexity index is 2210. The molecule has 0 saturated carbocycles. The normalized spacial score (nSPS) is 21.1. The summed E-state index contributed by atoms with van der Waals surface area (Å²) in [5.41, 5.74) is 8.33. The van der Waals surface area contributed by atoms with E-state index in [1.807, 2.05) is 62.5 Å². The van der Waals surface area contributed by atoms with Crippen molar-refractivity contribution in [3.8, 4) is 0 Å². The number of aryl methyl sites for hydroxylation is 1. The van der Waals surface area contributed by atoms with Gasteiger partial charge in [0.25, 0.3) is 17.5 Å². The maximum Gasteiger partial charge on any atom is 0.269 e. The zero-order valence-corrected chi connectivity index (χ0v) is 31.7. The molecule has 15 heteroatoms. The molecular formula is C40H43N7O7Si. The topological polar surface area (TPSA) is 199 Å². The highest BCUT2D eigenvalue weighted by atomic mass is 28.4. The van der Waals surface area contributed by atoms with Crippen LogP contribution in [0, 0.1) is 16.0 Å². The van der Waals surface area contributed by atoms with Gasteiger partial charge in [0.15, 0.2) is 13.9 Å². The zero-order chi connectivity index (χ0) is 39.1. The predicted molar refractivity (Wildman–Crippen MR) is 209 cm³/mol. The highest BCUT2D eigenvalue weighted by molar-refractivity contribution is 6.71. The first-order valence-electron chi connectivity index (χ1n) is 18.1. The summed E-state index contributed by atoms with van der Waals surface area (Å²) in [7, 11) is -3.02. The van der Waals surface area contributed by atoms with E-state index in [9.17, 15) is 29.6 Å². The summed E-state index contributed by atoms with van der Waals surface area (Å²) in [6.45, 7) is 5.88. The number of nitro groups is 1. The second-order valence-corrected chi connectivity index (χ2v) is 18.8. The van der Waals surface area contributed by atoms with Crippen molar-refractivity contribution < 1.29 is 29.2 Å². The Morgan fingerprint density at radius 3 is 2.44 bits per heavy atom. The van der Waals surface area contributed by atoms with Crippen molar-refractivity contribution in [3.63, 3.8) is 0 Å². The van der Waals surface area contributed by atoms with E-state index in [4.69, 9.17) is 10.5 Å². The van der Waals surface area contributed by atoms with Crippen LogP contribution >= 0.6 is 0 Å². The molecule has 2 aliphatic heterocycles. The molecule has 284 valence electrons. The highest BCUT2D eigenvalue weighted by Crippen LogP contribution is 2.60. The van der Waals surface area contributed by atoms with E-state index in [-0.39, 0.29) is 36.6 Å². The molecule has 0 radical (unpaired) electrons. The summed E-state index contributed by atoms with van der Waals surface area (Å²) in [5, 5.41) is 33.7. The van der Waals surface area contributed by atoms with Crippen molar-refractivity contribution in [3.05, 3.63) is 141 Å². The van der Waals surface area contributed by atoms with Crippen LogP contribution in [0.5, 0.6) is 0 Å². The van der Waals surface area contributed by atoms with E-state index in [0.29, 0.717) is 46.8 Å². The average Bonchev–Trinajstić information content (AvgIpc) is 3.82. The smallest absolute Gasteiger partial charge is 0.269 e. The number of aliphatic hydroxyl groups excluding tert-OH is 1. The number of hydrogen-bond acceptors (Lipinski definition) is 10. The molecule has 1 saturated heterocycles. The number of rotatable bonds is 12. The number of fused-ring (bicyclic) bond motifs is 2. The second-order valence-electron chi connectivity index (χ2n) is 14.8. The summed E-state index contributed by atoms with van der Waals surface area (Å²) < 4.78 is 8.56. The van der Waals surface area contributed by atoms with Crippen LogP contribution in [0.15, 0.2) is 103 Å². The molecule has 2 aliphatic rings. The van der Waals surface area contributed by atoms with Gasteiger partial charge in [-0.15, -0.1) is 5.10 Å². The number of nitrogens with zero attached hydrogens (tertiary/aromatic N) is 5. The Kier molecular flexibility index (Phi) is 10.1. The van der Waals surface area contributed by atoms with E-state index in [1.165, 1.54) is 12.1 Å². The molecule has 1 aromatic heterocycles. The van der Waals surface area contributed by atoms with E-state index in [1.54, 1.807) is 58.2 Å². The molecule has 5 aromatic rings. The lowest BCUT2D eigenvalue weighted by Gasteiger charge is -2.32. The number of aromatic nitrogens is 3. The lowest BCUT2D eigenvalue weighted by molar-refractivity contribution is -0.385. The van der Waals surface area contributed by atoms with Crippen molar-refractivity contribution in [2.45, 2.75) is 62.7 Å². The lowest BCUT2D eigenvalue weighted by atomic mass is 9.82. The lowest BCUT2D eigenvalue weighted by Crippen LogP contribution is -2.46. The first-order valence-corrected chi connectivity index (χ1v) is 21.2. The van der Waals surface area contributed by atoms with Crippen molar-refractivity contribution in [1.82, 2.24) is 15.0 Å². The van der Waals surface area contributed by atoms with Crippen LogP contribution in [0.25, 0.3) is 0 Å². The van der Waals surface area contributed by atoms with Crippen LogP contribution in [0.2, 0.25) is 18.6 Å². The number of nitrogens with two attached hydrogens (primary N) is 1. The number of non-ortho nitro benzene ring substituents is 1. The van der Waals surface area contributed by atoms with Crippen LogP contribution in [0.3, 0.4) is 0 Å². The zero-order valence-electron chi connectivity index (χ0n) is 30.7. The van der Waals surface area contributed by atoms with Crippen molar-refractivity contribution in [1.29, 1.82) is 0 Å². The van der Waals surface area contributed by atoms with Crippen molar-refractivity contribution in [2.24, 2.45) is 5.92 Å². The Labute approximate surface area is 318 Å². The van der Waals surface area contributed by atoms with Crippen LogP contribution in [0.1, 0.15) is 52.0 Å². The Morgan fingerprint density at radius 2 is 1.78 bits per heavy atom. The van der Waals surface area contributed by atoms with Gasteiger partial charge in [0.1, 0.15) is 0 Å². The number of carbonyl (C=O) groups excluding carboxylic acids is 2. The predicted octanol–water partition coefficient (Wildman–Crippen LogP) is 5.58. The number of benzene rings is 4. The molecule has 3 heterocycles. The van der Waals surface area contributed by atoms with Crippen LogP contribution in [-0.4, -0.2) is 62.7 Å². The highest BCUT2D eigenvalue weighted by Gasteiger charge is 2.66. The molecule has 14 nitrogen and oxygen atoms in total. The monoisotopic (exact) mass is 761 g/mol. The minimum atomic E-state index is -3.02. The maximum atomic E-state index is 14.9. The summed E-state index contributed by atoms with van der Waals surface area (Å²) in [4.78, 5) is 52.5. The number of aliphatic hydroxyl groups is 1. The van der Waals surface area contributed by atoms with Gasteiger partial charge in [-0.1, -0.05) is 54.6 Å². The van der Waals surface area contributed by atoms with E-state index in [2.05, 4.69) is 15.6 Å². The number of ether oxygens (including phenoxy) is 1. The fraction of sp³-hybridized carbons (Fsp3) is 0.300. The third-order valence-electron chi connectivity index (χ3n) is 10.8. The average molecular weight is 762 g/mol. The number of amides is 2. The minimum Gasteiger partial charge on any atom is -0.432 e. The molecule has 2 amide bonds. The molecule has 55 heavy (non-hydrogen) atoms. The molecule has 5 N–H and O–H groups in total. The molecule has 0 bridgehead atoms. The van der Waals surface area contributed by atoms with Gasteiger partial charge in [0.2, 0.25) is 0 Å². The van der Waals surface area contributed by atoms with Gasteiger partial charge in [-0.3, -0.25) is 24.4 Å². The van der Waals surface area contributed by atoms with Gasteiger partial charge >= 0.3 is 0 Å². The van der Waals surface area contributed by atoms with Gasteiger partial charge in [0.05, 0.1) is 41.5 Å². The first kappa shape index (κ1) is 37.6. The van der Waals surface area contributed by atoms with Gasteiger partial charge < -0.3 is 30.6 Å².